The van der Waals surface area contributed by atoms with Gasteiger partial charge in [-0.2, -0.15) is 0 Å². The average molecular weight is 326 g/mol. The molecule has 1 aromatic rings. The molecule has 3 heterocycles. The monoisotopic (exact) mass is 326 g/mol. The largest absolute Gasteiger partial charge is 0.379 e. The predicted octanol–water partition coefficient (Wildman–Crippen LogP) is 2.30. The fourth-order valence-electron chi connectivity index (χ4n) is 6.90. The van der Waals surface area contributed by atoms with Crippen LogP contribution in [0.4, 0.5) is 5.69 Å². The third kappa shape index (κ3) is 1.35. The van der Waals surface area contributed by atoms with Crippen molar-refractivity contribution in [1.82, 2.24) is 4.90 Å². The lowest BCUT2D eigenvalue weighted by molar-refractivity contribution is -0.144. The number of rotatable bonds is 1. The first-order chi connectivity index (χ1) is 11.5. The SMILES string of the molecule is CC[C@]12CCCN3CC[C@@]4(c5ccccc5N(C)C(=O)[C@@]4(O)C1)[C@@H]32. The molecule has 5 rings (SSSR count). The van der Waals surface area contributed by atoms with Crippen molar-refractivity contribution in [2.45, 2.75) is 56.1 Å². The molecule has 1 N–H and O–H groups in total. The van der Waals surface area contributed by atoms with Gasteiger partial charge in [0.2, 0.25) is 0 Å². The summed E-state index contributed by atoms with van der Waals surface area (Å²) in [5, 5.41) is 11.9. The highest BCUT2D eigenvalue weighted by molar-refractivity contribution is 6.04. The van der Waals surface area contributed by atoms with Crippen LogP contribution in [0.3, 0.4) is 0 Å². The number of para-hydroxylation sites is 1. The molecule has 0 radical (unpaired) electrons. The van der Waals surface area contributed by atoms with Crippen LogP contribution < -0.4 is 4.90 Å². The van der Waals surface area contributed by atoms with Crippen LogP contribution >= 0.6 is 0 Å². The molecule has 0 bridgehead atoms. The average Bonchev–Trinajstić information content (AvgIpc) is 3.12. The van der Waals surface area contributed by atoms with Gasteiger partial charge in [-0.3, -0.25) is 9.69 Å². The predicted molar refractivity (Wildman–Crippen MR) is 93.0 cm³/mol. The second kappa shape index (κ2) is 4.41. The van der Waals surface area contributed by atoms with Gasteiger partial charge in [0, 0.05) is 18.8 Å². The van der Waals surface area contributed by atoms with Gasteiger partial charge >= 0.3 is 0 Å². The van der Waals surface area contributed by atoms with Crippen molar-refractivity contribution < 1.29 is 9.90 Å². The van der Waals surface area contributed by atoms with Crippen LogP contribution in [0, 0.1) is 5.41 Å². The molecule has 1 aliphatic carbocycles. The maximum atomic E-state index is 13.3. The van der Waals surface area contributed by atoms with Crippen molar-refractivity contribution in [3.05, 3.63) is 29.8 Å². The Bertz CT molecular complexity index is 734. The van der Waals surface area contributed by atoms with Crippen molar-refractivity contribution in [2.24, 2.45) is 5.41 Å². The Balaban J connectivity index is 1.84. The summed E-state index contributed by atoms with van der Waals surface area (Å²) in [5.74, 6) is -0.0923. The van der Waals surface area contributed by atoms with Crippen molar-refractivity contribution in [2.75, 3.05) is 25.0 Å². The van der Waals surface area contributed by atoms with E-state index in [1.54, 1.807) is 4.90 Å². The molecule has 3 aliphatic heterocycles. The number of likely N-dealkylation sites (N-methyl/N-ethyl adjacent to an activating group) is 1. The Morgan fingerprint density at radius 1 is 1.25 bits per heavy atom. The second-order valence-electron chi connectivity index (χ2n) is 8.40. The van der Waals surface area contributed by atoms with Crippen LogP contribution in [-0.4, -0.2) is 47.7 Å². The topological polar surface area (TPSA) is 43.8 Å². The van der Waals surface area contributed by atoms with E-state index in [1.807, 2.05) is 19.2 Å². The van der Waals surface area contributed by atoms with Gasteiger partial charge in [0.15, 0.2) is 5.60 Å². The summed E-state index contributed by atoms with van der Waals surface area (Å²) in [6.45, 7) is 4.35. The van der Waals surface area contributed by atoms with Crippen molar-refractivity contribution >= 4 is 11.6 Å². The Morgan fingerprint density at radius 3 is 2.83 bits per heavy atom. The molecule has 0 unspecified atom stereocenters. The number of hydrogen-bond donors (Lipinski definition) is 1. The molecule has 1 aromatic carbocycles. The van der Waals surface area contributed by atoms with Gasteiger partial charge in [-0.05, 0) is 62.2 Å². The smallest absolute Gasteiger partial charge is 0.259 e. The first kappa shape index (κ1) is 14.9. The van der Waals surface area contributed by atoms with Crippen LogP contribution in [0.1, 0.15) is 44.6 Å². The van der Waals surface area contributed by atoms with E-state index in [0.717, 1.165) is 38.0 Å². The fourth-order valence-corrected chi connectivity index (χ4v) is 6.90. The Kier molecular flexibility index (Phi) is 2.74. The minimum Gasteiger partial charge on any atom is -0.379 e. The lowest BCUT2D eigenvalue weighted by Gasteiger charge is -2.50. The summed E-state index contributed by atoms with van der Waals surface area (Å²) < 4.78 is 0. The molecule has 2 saturated heterocycles. The maximum Gasteiger partial charge on any atom is 0.259 e. The number of anilines is 1. The summed E-state index contributed by atoms with van der Waals surface area (Å²) >= 11 is 0. The van der Waals surface area contributed by atoms with E-state index in [2.05, 4.69) is 24.0 Å². The van der Waals surface area contributed by atoms with E-state index in [1.165, 1.54) is 12.0 Å². The van der Waals surface area contributed by atoms with E-state index in [-0.39, 0.29) is 11.3 Å². The minimum atomic E-state index is -1.25. The van der Waals surface area contributed by atoms with Gasteiger partial charge in [0.05, 0.1) is 5.41 Å². The molecular formula is C20H26N2O2. The number of benzene rings is 1. The molecule has 4 heteroatoms. The molecule has 128 valence electrons. The standard InChI is InChI=1S/C20H26N2O2/c1-3-18-9-6-11-22-12-10-19(16(18)22)14-7-4-5-8-15(14)21(2)17(23)20(19,24)13-18/h4-5,7-8,16,24H,3,6,9-13H2,1-2H3/t16-,18-,19+,20-/m0/s1. The molecule has 1 saturated carbocycles. The zero-order chi connectivity index (χ0) is 16.7. The molecule has 1 spiro atoms. The van der Waals surface area contributed by atoms with Gasteiger partial charge in [0.25, 0.3) is 5.91 Å². The van der Waals surface area contributed by atoms with Crippen LogP contribution in [0.25, 0.3) is 0 Å². The summed E-state index contributed by atoms with van der Waals surface area (Å²) in [5.41, 5.74) is 0.572. The van der Waals surface area contributed by atoms with Crippen LogP contribution in [0.15, 0.2) is 24.3 Å². The number of carbonyl (C=O) groups excluding carboxylic acids is 1. The van der Waals surface area contributed by atoms with Gasteiger partial charge in [-0.1, -0.05) is 25.1 Å². The Labute approximate surface area is 143 Å². The van der Waals surface area contributed by atoms with Crippen molar-refractivity contribution in [1.29, 1.82) is 0 Å². The number of carbonyl (C=O) groups is 1. The fraction of sp³-hybridized carbons (Fsp3) is 0.650. The minimum absolute atomic E-state index is 0.0669. The lowest BCUT2D eigenvalue weighted by Crippen LogP contribution is -2.64. The number of amides is 1. The van der Waals surface area contributed by atoms with Gasteiger partial charge in [-0.15, -0.1) is 0 Å². The first-order valence-corrected chi connectivity index (χ1v) is 9.34. The van der Waals surface area contributed by atoms with E-state index in [4.69, 9.17) is 0 Å². The zero-order valence-electron chi connectivity index (χ0n) is 14.6. The Hall–Kier alpha value is -1.39. The van der Waals surface area contributed by atoms with Gasteiger partial charge < -0.3 is 10.0 Å². The summed E-state index contributed by atoms with van der Waals surface area (Å²) in [7, 11) is 1.82. The molecule has 0 aromatic heterocycles. The molecule has 4 nitrogen and oxygen atoms in total. The quantitative estimate of drug-likeness (QED) is 0.861. The number of fused-ring (bicyclic) bond motifs is 1. The number of aliphatic hydroxyl groups is 1. The normalized spacial score (nSPS) is 43.5. The van der Waals surface area contributed by atoms with Crippen LogP contribution in [0.2, 0.25) is 0 Å². The summed E-state index contributed by atoms with van der Waals surface area (Å²) in [6.07, 6.45) is 4.87. The van der Waals surface area contributed by atoms with Gasteiger partial charge in [-0.25, -0.2) is 0 Å². The molecule has 3 fully saturated rings. The second-order valence-corrected chi connectivity index (χ2v) is 8.40. The highest BCUT2D eigenvalue weighted by atomic mass is 16.3. The van der Waals surface area contributed by atoms with Gasteiger partial charge in [0.1, 0.15) is 0 Å². The number of piperidine rings is 1. The van der Waals surface area contributed by atoms with E-state index in [0.29, 0.717) is 12.5 Å². The molecule has 1 amide bonds. The zero-order valence-corrected chi connectivity index (χ0v) is 14.6. The lowest BCUT2D eigenvalue weighted by atomic mass is 9.62. The molecule has 4 atom stereocenters. The summed E-state index contributed by atoms with van der Waals surface area (Å²) in [6, 6.07) is 8.56. The van der Waals surface area contributed by atoms with Crippen LogP contribution in [-0.2, 0) is 10.2 Å². The third-order valence-corrected chi connectivity index (χ3v) is 7.78. The van der Waals surface area contributed by atoms with E-state index >= 15 is 0 Å². The van der Waals surface area contributed by atoms with E-state index < -0.39 is 11.0 Å². The Morgan fingerprint density at radius 2 is 2.04 bits per heavy atom. The third-order valence-electron chi connectivity index (χ3n) is 7.78. The number of nitrogens with zero attached hydrogens (tertiary/aromatic N) is 2. The van der Waals surface area contributed by atoms with Crippen molar-refractivity contribution in [3.8, 4) is 0 Å². The highest BCUT2D eigenvalue weighted by Crippen LogP contribution is 2.69. The first-order valence-electron chi connectivity index (χ1n) is 9.34. The summed E-state index contributed by atoms with van der Waals surface area (Å²) in [4.78, 5) is 17.6. The molecule has 24 heavy (non-hydrogen) atoms. The van der Waals surface area contributed by atoms with Crippen molar-refractivity contribution in [3.63, 3.8) is 0 Å². The maximum absolute atomic E-state index is 13.3. The molecule has 4 aliphatic rings. The highest BCUT2D eigenvalue weighted by Gasteiger charge is 2.77. The number of hydrogen-bond acceptors (Lipinski definition) is 3. The van der Waals surface area contributed by atoms with Crippen LogP contribution in [0.5, 0.6) is 0 Å². The van der Waals surface area contributed by atoms with E-state index in [9.17, 15) is 9.90 Å². The molecular weight excluding hydrogens is 300 g/mol.